The van der Waals surface area contributed by atoms with Crippen LogP contribution in [-0.4, -0.2) is 50.7 Å². The molecule has 1 aromatic rings. The van der Waals surface area contributed by atoms with E-state index in [1.165, 1.54) is 22.9 Å². The highest BCUT2D eigenvalue weighted by molar-refractivity contribution is 7.98. The first-order valence-electron chi connectivity index (χ1n) is 5.65. The van der Waals surface area contributed by atoms with E-state index < -0.39 is 17.9 Å². The fourth-order valence-corrected chi connectivity index (χ4v) is 2.51. The third-order valence-electron chi connectivity index (χ3n) is 2.91. The monoisotopic (exact) mass is 301 g/mol. The Labute approximate surface area is 119 Å². The van der Waals surface area contributed by atoms with Gasteiger partial charge in [-0.3, -0.25) is 4.79 Å². The maximum atomic E-state index is 12.3. The average Bonchev–Trinajstić information content (AvgIpc) is 2.88. The summed E-state index contributed by atoms with van der Waals surface area (Å²) in [4.78, 5) is 32.7. The number of likely N-dealkylation sites (tertiary alicyclic amines) is 1. The van der Waals surface area contributed by atoms with E-state index in [2.05, 4.69) is 9.97 Å². The lowest BCUT2D eigenvalue weighted by atomic mass is 10.2. The van der Waals surface area contributed by atoms with Gasteiger partial charge in [0.05, 0.1) is 11.2 Å². The largest absolute Gasteiger partial charge is 0.480 e. The number of carbonyl (C=O) groups is 2. The lowest BCUT2D eigenvalue weighted by Crippen LogP contribution is -2.40. The Morgan fingerprint density at radius 2 is 2.32 bits per heavy atom. The number of nitrogens with zero attached hydrogens (tertiary/aromatic N) is 3. The number of amides is 1. The van der Waals surface area contributed by atoms with Crippen LogP contribution in [0.1, 0.15) is 23.3 Å². The first kappa shape index (κ1) is 14.1. The number of thioether (sulfide) groups is 1. The summed E-state index contributed by atoms with van der Waals surface area (Å²) in [5.41, 5.74) is 0.0640. The highest BCUT2D eigenvalue weighted by atomic mass is 35.5. The van der Waals surface area contributed by atoms with Crippen molar-refractivity contribution in [2.75, 3.05) is 12.8 Å². The maximum absolute atomic E-state index is 12.3. The molecule has 0 radical (unpaired) electrons. The normalized spacial score (nSPS) is 18.6. The molecule has 1 atom stereocenters. The highest BCUT2D eigenvalue weighted by Crippen LogP contribution is 2.23. The van der Waals surface area contributed by atoms with Gasteiger partial charge in [0.2, 0.25) is 0 Å². The Morgan fingerprint density at radius 3 is 2.95 bits per heavy atom. The number of hydrogen-bond acceptors (Lipinski definition) is 5. The minimum atomic E-state index is -0.999. The Balaban J connectivity index is 2.31. The van der Waals surface area contributed by atoms with Gasteiger partial charge in [0.25, 0.3) is 5.91 Å². The first-order valence-corrected chi connectivity index (χ1v) is 7.25. The molecule has 1 aromatic heterocycles. The van der Waals surface area contributed by atoms with Crippen LogP contribution in [-0.2, 0) is 4.79 Å². The summed E-state index contributed by atoms with van der Waals surface area (Å²) >= 11 is 7.22. The van der Waals surface area contributed by atoms with Crippen LogP contribution in [0, 0.1) is 0 Å². The molecule has 2 heterocycles. The van der Waals surface area contributed by atoms with Crippen molar-refractivity contribution in [1.82, 2.24) is 14.9 Å². The van der Waals surface area contributed by atoms with E-state index in [0.29, 0.717) is 24.5 Å². The predicted molar refractivity (Wildman–Crippen MR) is 70.5 cm³/mol. The molecule has 0 spiro atoms. The lowest BCUT2D eigenvalue weighted by Gasteiger charge is -2.21. The fraction of sp³-hybridized carbons (Fsp3) is 0.455. The molecule has 1 N–H and O–H groups in total. The van der Waals surface area contributed by atoms with Gasteiger partial charge >= 0.3 is 5.97 Å². The second kappa shape index (κ2) is 5.75. The van der Waals surface area contributed by atoms with E-state index >= 15 is 0 Å². The van der Waals surface area contributed by atoms with Crippen molar-refractivity contribution in [2.24, 2.45) is 0 Å². The van der Waals surface area contributed by atoms with Crippen LogP contribution in [0.25, 0.3) is 0 Å². The second-order valence-corrected chi connectivity index (χ2v) is 5.23. The number of carbonyl (C=O) groups excluding carboxylic acids is 1. The summed E-state index contributed by atoms with van der Waals surface area (Å²) < 4.78 is 0. The zero-order valence-electron chi connectivity index (χ0n) is 10.2. The third kappa shape index (κ3) is 2.82. The summed E-state index contributed by atoms with van der Waals surface area (Å²) in [6, 6.07) is -0.795. The standard InChI is InChI=1S/C11H12ClN3O3S/c1-19-11-13-5-6(12)8(14-11)9(16)15-4-2-3-7(15)10(17)18/h5,7H,2-4H2,1H3,(H,17,18)/t7-/m0/s1. The minimum absolute atomic E-state index is 0.0640. The van der Waals surface area contributed by atoms with E-state index in [9.17, 15) is 9.59 Å². The first-order chi connectivity index (χ1) is 9.04. The zero-order chi connectivity index (χ0) is 14.0. The maximum Gasteiger partial charge on any atom is 0.326 e. The highest BCUT2D eigenvalue weighted by Gasteiger charge is 2.35. The van der Waals surface area contributed by atoms with Crippen molar-refractivity contribution in [3.05, 3.63) is 16.9 Å². The predicted octanol–water partition coefficient (Wildman–Crippen LogP) is 1.54. The summed E-state index contributed by atoms with van der Waals surface area (Å²) in [7, 11) is 0. The molecule has 102 valence electrons. The van der Waals surface area contributed by atoms with Crippen molar-refractivity contribution >= 4 is 35.2 Å². The number of rotatable bonds is 3. The Kier molecular flexibility index (Phi) is 4.26. The van der Waals surface area contributed by atoms with Gasteiger partial charge in [-0.2, -0.15) is 0 Å². The molecule has 0 aromatic carbocycles. The average molecular weight is 302 g/mol. The number of hydrogen-bond donors (Lipinski definition) is 1. The summed E-state index contributed by atoms with van der Waals surface area (Å²) in [5.74, 6) is -1.45. The Hall–Kier alpha value is -1.34. The number of carboxylic acids is 1. The van der Waals surface area contributed by atoms with Crippen LogP contribution in [0.4, 0.5) is 0 Å². The van der Waals surface area contributed by atoms with Crippen molar-refractivity contribution < 1.29 is 14.7 Å². The molecular formula is C11H12ClN3O3S. The molecule has 6 nitrogen and oxygen atoms in total. The Bertz CT molecular complexity index is 526. The molecule has 0 aliphatic carbocycles. The summed E-state index contributed by atoms with van der Waals surface area (Å²) in [6.07, 6.45) is 4.27. The molecule has 1 fully saturated rings. The van der Waals surface area contributed by atoms with Crippen molar-refractivity contribution in [3.8, 4) is 0 Å². The van der Waals surface area contributed by atoms with Crippen LogP contribution >= 0.6 is 23.4 Å². The van der Waals surface area contributed by atoms with Gasteiger partial charge in [-0.15, -0.1) is 0 Å². The summed E-state index contributed by atoms with van der Waals surface area (Å²) in [5, 5.41) is 9.65. The topological polar surface area (TPSA) is 83.4 Å². The van der Waals surface area contributed by atoms with Crippen LogP contribution in [0.3, 0.4) is 0 Å². The molecule has 0 bridgehead atoms. The Morgan fingerprint density at radius 1 is 1.58 bits per heavy atom. The molecule has 2 rings (SSSR count). The molecule has 1 aliphatic rings. The number of carboxylic acid groups (broad SMARTS) is 1. The van der Waals surface area contributed by atoms with Crippen molar-refractivity contribution in [1.29, 1.82) is 0 Å². The van der Waals surface area contributed by atoms with E-state index in [1.54, 1.807) is 6.26 Å². The van der Waals surface area contributed by atoms with Crippen LogP contribution in [0.5, 0.6) is 0 Å². The van der Waals surface area contributed by atoms with Gasteiger partial charge < -0.3 is 10.0 Å². The lowest BCUT2D eigenvalue weighted by molar-refractivity contribution is -0.141. The van der Waals surface area contributed by atoms with E-state index in [0.717, 1.165) is 0 Å². The van der Waals surface area contributed by atoms with Gasteiger partial charge in [-0.1, -0.05) is 23.4 Å². The van der Waals surface area contributed by atoms with Gasteiger partial charge in [-0.25, -0.2) is 14.8 Å². The molecule has 0 saturated carbocycles. The fourth-order valence-electron chi connectivity index (χ4n) is 2.00. The number of aliphatic carboxylic acids is 1. The molecular weight excluding hydrogens is 290 g/mol. The minimum Gasteiger partial charge on any atom is -0.480 e. The van der Waals surface area contributed by atoms with Gasteiger partial charge in [-0.05, 0) is 19.1 Å². The number of halogens is 1. The molecule has 1 saturated heterocycles. The molecule has 1 amide bonds. The molecule has 1 aliphatic heterocycles. The van der Waals surface area contributed by atoms with Crippen molar-refractivity contribution in [2.45, 2.75) is 24.0 Å². The zero-order valence-corrected chi connectivity index (χ0v) is 11.7. The quantitative estimate of drug-likeness (QED) is 0.673. The molecule has 8 heteroatoms. The second-order valence-electron chi connectivity index (χ2n) is 4.05. The van der Waals surface area contributed by atoms with E-state index in [4.69, 9.17) is 16.7 Å². The van der Waals surface area contributed by atoms with Gasteiger partial charge in [0.15, 0.2) is 10.9 Å². The van der Waals surface area contributed by atoms with Crippen LogP contribution in [0.2, 0.25) is 5.02 Å². The summed E-state index contributed by atoms with van der Waals surface area (Å²) in [6.45, 7) is 0.407. The van der Waals surface area contributed by atoms with Gasteiger partial charge in [0, 0.05) is 6.54 Å². The van der Waals surface area contributed by atoms with E-state index in [-0.39, 0.29) is 10.7 Å². The van der Waals surface area contributed by atoms with E-state index in [1.807, 2.05) is 0 Å². The smallest absolute Gasteiger partial charge is 0.326 e. The molecule has 0 unspecified atom stereocenters. The number of aromatic nitrogens is 2. The van der Waals surface area contributed by atoms with Crippen LogP contribution < -0.4 is 0 Å². The third-order valence-corrected chi connectivity index (χ3v) is 3.74. The van der Waals surface area contributed by atoms with Crippen LogP contribution in [0.15, 0.2) is 11.4 Å². The molecule has 19 heavy (non-hydrogen) atoms. The van der Waals surface area contributed by atoms with Gasteiger partial charge in [0.1, 0.15) is 6.04 Å². The SMILES string of the molecule is CSc1ncc(Cl)c(C(=O)N2CCC[C@H]2C(=O)O)n1. The van der Waals surface area contributed by atoms with Crippen molar-refractivity contribution in [3.63, 3.8) is 0 Å².